The smallest absolute Gasteiger partial charge is 0.261 e. The highest BCUT2D eigenvalue weighted by Crippen LogP contribution is 2.34. The van der Waals surface area contributed by atoms with Gasteiger partial charge in [0.2, 0.25) is 0 Å². The van der Waals surface area contributed by atoms with Gasteiger partial charge in [-0.1, -0.05) is 66.7 Å². The standard InChI is InChI=1S/C23H18N2O/c26-23-19-12-6-7-13-21(19)24-22-20(14-16-8-2-1-3-9-16)18-11-5-4-10-17(18)15-25(22)23/h1-13,20H,14-15H2/t20-/m0/s1. The molecule has 26 heavy (non-hydrogen) atoms. The predicted molar refractivity (Wildman–Crippen MR) is 104 cm³/mol. The summed E-state index contributed by atoms with van der Waals surface area (Å²) in [6.07, 6.45) is 0.836. The average Bonchev–Trinajstić information content (AvgIpc) is 2.70. The van der Waals surface area contributed by atoms with Gasteiger partial charge in [0.1, 0.15) is 5.82 Å². The van der Waals surface area contributed by atoms with Crippen LogP contribution in [0.2, 0.25) is 0 Å². The molecular formula is C23H18N2O. The first-order valence-electron chi connectivity index (χ1n) is 8.92. The van der Waals surface area contributed by atoms with Crippen LogP contribution in [0.3, 0.4) is 0 Å². The van der Waals surface area contributed by atoms with Crippen molar-refractivity contribution in [2.45, 2.75) is 18.9 Å². The lowest BCUT2D eigenvalue weighted by Crippen LogP contribution is -2.32. The van der Waals surface area contributed by atoms with Crippen LogP contribution in [0.4, 0.5) is 0 Å². The van der Waals surface area contributed by atoms with E-state index < -0.39 is 0 Å². The zero-order chi connectivity index (χ0) is 17.5. The van der Waals surface area contributed by atoms with E-state index in [9.17, 15) is 4.79 Å². The van der Waals surface area contributed by atoms with E-state index in [1.165, 1.54) is 16.7 Å². The molecule has 0 amide bonds. The summed E-state index contributed by atoms with van der Waals surface area (Å²) in [7, 11) is 0. The van der Waals surface area contributed by atoms with Gasteiger partial charge in [-0.2, -0.15) is 0 Å². The number of hydrogen-bond acceptors (Lipinski definition) is 2. The third-order valence-electron chi connectivity index (χ3n) is 5.24. The molecule has 0 saturated carbocycles. The molecule has 1 aliphatic rings. The van der Waals surface area contributed by atoms with E-state index in [0.717, 1.165) is 17.8 Å². The molecule has 0 radical (unpaired) electrons. The Morgan fingerprint density at radius 2 is 1.62 bits per heavy atom. The lowest BCUT2D eigenvalue weighted by Gasteiger charge is -2.29. The van der Waals surface area contributed by atoms with Crippen molar-refractivity contribution >= 4 is 10.9 Å². The number of fused-ring (bicyclic) bond motifs is 3. The minimum Gasteiger partial charge on any atom is -0.291 e. The van der Waals surface area contributed by atoms with Crippen LogP contribution in [0.25, 0.3) is 10.9 Å². The maximum atomic E-state index is 13.1. The van der Waals surface area contributed by atoms with Crippen molar-refractivity contribution in [1.82, 2.24) is 9.55 Å². The van der Waals surface area contributed by atoms with Gasteiger partial charge in [-0.25, -0.2) is 4.98 Å². The SMILES string of the molecule is O=c1c2ccccc2nc2n1Cc1ccccc1[C@@H]2Cc1ccccc1. The van der Waals surface area contributed by atoms with E-state index in [0.29, 0.717) is 11.9 Å². The summed E-state index contributed by atoms with van der Waals surface area (Å²) in [5, 5.41) is 0.689. The molecule has 1 aromatic heterocycles. The van der Waals surface area contributed by atoms with Gasteiger partial charge in [-0.3, -0.25) is 9.36 Å². The van der Waals surface area contributed by atoms with Gasteiger partial charge in [-0.15, -0.1) is 0 Å². The van der Waals surface area contributed by atoms with Gasteiger partial charge in [-0.05, 0) is 35.2 Å². The Kier molecular flexibility index (Phi) is 3.45. The molecule has 0 aliphatic carbocycles. The highest BCUT2D eigenvalue weighted by Gasteiger charge is 2.28. The van der Waals surface area contributed by atoms with E-state index in [-0.39, 0.29) is 11.5 Å². The van der Waals surface area contributed by atoms with Crippen molar-refractivity contribution in [1.29, 1.82) is 0 Å². The minimum absolute atomic E-state index is 0.0539. The largest absolute Gasteiger partial charge is 0.291 e. The first-order valence-corrected chi connectivity index (χ1v) is 8.92. The molecule has 2 heterocycles. The molecule has 126 valence electrons. The van der Waals surface area contributed by atoms with Gasteiger partial charge >= 0.3 is 0 Å². The second-order valence-electron chi connectivity index (χ2n) is 6.82. The van der Waals surface area contributed by atoms with Crippen LogP contribution in [0.1, 0.15) is 28.4 Å². The highest BCUT2D eigenvalue weighted by atomic mass is 16.1. The van der Waals surface area contributed by atoms with Crippen LogP contribution in [0.15, 0.2) is 83.7 Å². The fourth-order valence-electron chi connectivity index (χ4n) is 3.98. The van der Waals surface area contributed by atoms with E-state index in [1.807, 2.05) is 41.0 Å². The van der Waals surface area contributed by atoms with Crippen LogP contribution >= 0.6 is 0 Å². The van der Waals surface area contributed by atoms with Crippen LogP contribution in [0, 0.1) is 0 Å². The summed E-state index contributed by atoms with van der Waals surface area (Å²) in [5.74, 6) is 0.955. The van der Waals surface area contributed by atoms with E-state index in [1.54, 1.807) is 0 Å². The first-order chi connectivity index (χ1) is 12.8. The Labute approximate surface area is 151 Å². The molecule has 0 fully saturated rings. The minimum atomic E-state index is 0.0539. The normalized spacial score (nSPS) is 15.5. The summed E-state index contributed by atoms with van der Waals surface area (Å²) in [5.41, 5.74) is 4.57. The number of nitrogens with zero attached hydrogens (tertiary/aromatic N) is 2. The predicted octanol–water partition coefficient (Wildman–Crippen LogP) is 4.13. The lowest BCUT2D eigenvalue weighted by molar-refractivity contribution is 0.583. The lowest BCUT2D eigenvalue weighted by atomic mass is 9.85. The molecule has 0 unspecified atom stereocenters. The maximum Gasteiger partial charge on any atom is 0.261 e. The molecule has 1 atom stereocenters. The molecule has 4 aromatic rings. The van der Waals surface area contributed by atoms with Crippen molar-refractivity contribution in [2.75, 3.05) is 0 Å². The molecule has 3 aromatic carbocycles. The van der Waals surface area contributed by atoms with Crippen LogP contribution in [0.5, 0.6) is 0 Å². The quantitative estimate of drug-likeness (QED) is 0.551. The summed E-state index contributed by atoms with van der Waals surface area (Å²) >= 11 is 0. The number of hydrogen-bond donors (Lipinski definition) is 0. The van der Waals surface area contributed by atoms with Crippen LogP contribution in [-0.4, -0.2) is 9.55 Å². The van der Waals surface area contributed by atoms with E-state index in [4.69, 9.17) is 4.98 Å². The Bertz CT molecular complexity index is 1160. The van der Waals surface area contributed by atoms with Gasteiger partial charge in [0, 0.05) is 5.92 Å². The number of benzene rings is 3. The number of para-hydroxylation sites is 1. The Morgan fingerprint density at radius 1 is 0.885 bits per heavy atom. The molecule has 0 saturated heterocycles. The first kappa shape index (κ1) is 15.1. The second-order valence-corrected chi connectivity index (χ2v) is 6.82. The summed E-state index contributed by atoms with van der Waals surface area (Å²) in [6, 6.07) is 26.5. The molecular weight excluding hydrogens is 320 g/mol. The van der Waals surface area contributed by atoms with Gasteiger partial charge in [0.15, 0.2) is 0 Å². The molecule has 0 N–H and O–H groups in total. The summed E-state index contributed by atoms with van der Waals surface area (Å²) in [6.45, 7) is 0.591. The van der Waals surface area contributed by atoms with E-state index >= 15 is 0 Å². The van der Waals surface area contributed by atoms with Crippen LogP contribution < -0.4 is 5.56 Å². The zero-order valence-electron chi connectivity index (χ0n) is 14.3. The molecule has 3 heteroatoms. The highest BCUT2D eigenvalue weighted by molar-refractivity contribution is 5.77. The van der Waals surface area contributed by atoms with Gasteiger partial charge in [0.05, 0.1) is 17.4 Å². The van der Waals surface area contributed by atoms with Crippen molar-refractivity contribution in [2.24, 2.45) is 0 Å². The van der Waals surface area contributed by atoms with Gasteiger partial charge < -0.3 is 0 Å². The number of rotatable bonds is 2. The Morgan fingerprint density at radius 3 is 2.50 bits per heavy atom. The average molecular weight is 338 g/mol. The summed E-state index contributed by atoms with van der Waals surface area (Å²) < 4.78 is 1.86. The molecule has 1 aliphatic heterocycles. The Hall–Kier alpha value is -3.20. The zero-order valence-corrected chi connectivity index (χ0v) is 14.3. The topological polar surface area (TPSA) is 34.9 Å². The molecule has 3 nitrogen and oxygen atoms in total. The molecule has 5 rings (SSSR count). The monoisotopic (exact) mass is 338 g/mol. The van der Waals surface area contributed by atoms with Crippen molar-refractivity contribution in [3.8, 4) is 0 Å². The van der Waals surface area contributed by atoms with Gasteiger partial charge in [0.25, 0.3) is 5.56 Å². The third kappa shape index (κ3) is 2.36. The van der Waals surface area contributed by atoms with Crippen molar-refractivity contribution in [3.63, 3.8) is 0 Å². The summed E-state index contributed by atoms with van der Waals surface area (Å²) in [4.78, 5) is 18.0. The fourth-order valence-corrected chi connectivity index (χ4v) is 3.98. The molecule has 0 spiro atoms. The third-order valence-corrected chi connectivity index (χ3v) is 5.24. The fraction of sp³-hybridized carbons (Fsp3) is 0.130. The van der Waals surface area contributed by atoms with Crippen molar-refractivity contribution < 1.29 is 0 Å². The van der Waals surface area contributed by atoms with E-state index in [2.05, 4.69) is 42.5 Å². The maximum absolute atomic E-state index is 13.1. The second kappa shape index (κ2) is 5.95. The Balaban J connectivity index is 1.75. The van der Waals surface area contributed by atoms with Crippen molar-refractivity contribution in [3.05, 3.63) is 112 Å². The number of aromatic nitrogens is 2. The molecule has 0 bridgehead atoms. The van der Waals surface area contributed by atoms with Crippen LogP contribution in [-0.2, 0) is 13.0 Å².